The van der Waals surface area contributed by atoms with Crippen LogP contribution in [0.5, 0.6) is 5.75 Å². The topological polar surface area (TPSA) is 58.6 Å². The Balaban J connectivity index is 2.55. The molecular weight excluding hydrogens is 266 g/mol. The van der Waals surface area contributed by atoms with E-state index in [0.29, 0.717) is 10.8 Å². The van der Waals surface area contributed by atoms with Crippen LogP contribution in [0.25, 0.3) is 0 Å². The fraction of sp³-hybridized carbons (Fsp3) is 0.500. The number of hydrogen-bond donors (Lipinski definition) is 2. The molecular formula is C14H20ClNO3. The van der Waals surface area contributed by atoms with Gasteiger partial charge >= 0.3 is 0 Å². The number of benzene rings is 1. The molecule has 2 atom stereocenters. The molecule has 0 aromatic heterocycles. The van der Waals surface area contributed by atoms with Gasteiger partial charge in [0.25, 0.3) is 5.91 Å². The highest BCUT2D eigenvalue weighted by Crippen LogP contribution is 2.16. The Morgan fingerprint density at radius 2 is 1.89 bits per heavy atom. The molecule has 0 radical (unpaired) electrons. The molecule has 5 heteroatoms. The van der Waals surface area contributed by atoms with Gasteiger partial charge in [0.15, 0.2) is 6.10 Å². The largest absolute Gasteiger partial charge is 0.481 e. The van der Waals surface area contributed by atoms with Crippen LogP contribution >= 0.6 is 11.6 Å². The minimum atomic E-state index is -0.631. The van der Waals surface area contributed by atoms with Gasteiger partial charge in [-0.15, -0.1) is 0 Å². The van der Waals surface area contributed by atoms with E-state index in [1.54, 1.807) is 31.2 Å². The second kappa shape index (κ2) is 7.36. The van der Waals surface area contributed by atoms with Crippen LogP contribution in [-0.2, 0) is 4.79 Å². The molecule has 2 N–H and O–H groups in total. The average Bonchev–Trinajstić information content (AvgIpc) is 2.37. The Morgan fingerprint density at radius 1 is 1.32 bits per heavy atom. The maximum Gasteiger partial charge on any atom is 0.261 e. The SMILES string of the molecule is CC(Oc1ccc(Cl)cc1)C(=O)N[C@H](CO)C(C)C. The fourth-order valence-electron chi connectivity index (χ4n) is 1.49. The molecule has 1 unspecified atom stereocenters. The van der Waals surface area contributed by atoms with Crippen molar-refractivity contribution in [3.8, 4) is 5.75 Å². The fourth-order valence-corrected chi connectivity index (χ4v) is 1.62. The maximum absolute atomic E-state index is 11.9. The number of rotatable bonds is 6. The lowest BCUT2D eigenvalue weighted by Gasteiger charge is -2.22. The third kappa shape index (κ3) is 5.09. The molecule has 19 heavy (non-hydrogen) atoms. The molecule has 0 heterocycles. The number of amides is 1. The second-order valence-corrected chi connectivity index (χ2v) is 5.19. The van der Waals surface area contributed by atoms with E-state index < -0.39 is 6.10 Å². The van der Waals surface area contributed by atoms with E-state index in [1.165, 1.54) is 0 Å². The molecule has 1 aromatic rings. The van der Waals surface area contributed by atoms with Crippen molar-refractivity contribution in [2.45, 2.75) is 32.9 Å². The van der Waals surface area contributed by atoms with E-state index in [2.05, 4.69) is 5.32 Å². The first-order valence-corrected chi connectivity index (χ1v) is 6.65. The van der Waals surface area contributed by atoms with Gasteiger partial charge in [0.2, 0.25) is 0 Å². The van der Waals surface area contributed by atoms with Gasteiger partial charge < -0.3 is 15.2 Å². The van der Waals surface area contributed by atoms with Gasteiger partial charge in [-0.3, -0.25) is 4.79 Å². The quantitative estimate of drug-likeness (QED) is 0.843. The molecule has 0 saturated carbocycles. The predicted molar refractivity (Wildman–Crippen MR) is 75.4 cm³/mol. The predicted octanol–water partition coefficient (Wildman–Crippen LogP) is 2.24. The van der Waals surface area contributed by atoms with Crippen LogP contribution < -0.4 is 10.1 Å². The summed E-state index contributed by atoms with van der Waals surface area (Å²) in [4.78, 5) is 11.9. The Hall–Kier alpha value is -1.26. The molecule has 0 bridgehead atoms. The Bertz CT molecular complexity index is 406. The highest BCUT2D eigenvalue weighted by Gasteiger charge is 2.20. The monoisotopic (exact) mass is 285 g/mol. The summed E-state index contributed by atoms with van der Waals surface area (Å²) >= 11 is 5.77. The lowest BCUT2D eigenvalue weighted by Crippen LogP contribution is -2.46. The maximum atomic E-state index is 11.9. The van der Waals surface area contributed by atoms with Gasteiger partial charge in [0.05, 0.1) is 12.6 Å². The number of nitrogens with one attached hydrogen (secondary N) is 1. The van der Waals surface area contributed by atoms with Gasteiger partial charge in [0, 0.05) is 5.02 Å². The van der Waals surface area contributed by atoms with Crippen molar-refractivity contribution in [3.63, 3.8) is 0 Å². The lowest BCUT2D eigenvalue weighted by molar-refractivity contribution is -0.128. The molecule has 0 aliphatic carbocycles. The van der Waals surface area contributed by atoms with Gasteiger partial charge in [-0.2, -0.15) is 0 Å². The summed E-state index contributed by atoms with van der Waals surface area (Å²) in [6.07, 6.45) is -0.631. The normalized spacial score (nSPS) is 14.0. The zero-order chi connectivity index (χ0) is 14.4. The van der Waals surface area contributed by atoms with E-state index in [0.717, 1.165) is 0 Å². The van der Waals surface area contributed by atoms with E-state index in [1.807, 2.05) is 13.8 Å². The smallest absolute Gasteiger partial charge is 0.261 e. The first kappa shape index (κ1) is 15.8. The van der Waals surface area contributed by atoms with Crippen molar-refractivity contribution in [2.75, 3.05) is 6.61 Å². The molecule has 4 nitrogen and oxygen atoms in total. The third-order valence-corrected chi connectivity index (χ3v) is 3.08. The van der Waals surface area contributed by atoms with Crippen LogP contribution in [0, 0.1) is 5.92 Å². The van der Waals surface area contributed by atoms with Crippen molar-refractivity contribution in [3.05, 3.63) is 29.3 Å². The summed E-state index contributed by atoms with van der Waals surface area (Å²) in [6, 6.07) is 6.55. The summed E-state index contributed by atoms with van der Waals surface area (Å²) in [5.74, 6) is 0.497. The number of ether oxygens (including phenoxy) is 1. The van der Waals surface area contributed by atoms with Crippen LogP contribution in [0.1, 0.15) is 20.8 Å². The van der Waals surface area contributed by atoms with Gasteiger partial charge in [-0.25, -0.2) is 0 Å². The van der Waals surface area contributed by atoms with Crippen molar-refractivity contribution in [2.24, 2.45) is 5.92 Å². The van der Waals surface area contributed by atoms with E-state index in [4.69, 9.17) is 16.3 Å². The summed E-state index contributed by atoms with van der Waals surface area (Å²) in [5, 5.41) is 12.6. The van der Waals surface area contributed by atoms with E-state index >= 15 is 0 Å². The summed E-state index contributed by atoms with van der Waals surface area (Å²) < 4.78 is 5.50. The van der Waals surface area contributed by atoms with Crippen LogP contribution in [0.2, 0.25) is 5.02 Å². The standard InChI is InChI=1S/C14H20ClNO3/c1-9(2)13(8-17)16-14(18)10(3)19-12-6-4-11(15)5-7-12/h4-7,9-10,13,17H,8H2,1-3H3,(H,16,18)/t10?,13-/m1/s1. The molecule has 0 saturated heterocycles. The van der Waals surface area contributed by atoms with Crippen molar-refractivity contribution in [1.29, 1.82) is 0 Å². The first-order chi connectivity index (χ1) is 8.93. The third-order valence-electron chi connectivity index (χ3n) is 2.82. The molecule has 1 amide bonds. The zero-order valence-electron chi connectivity index (χ0n) is 11.4. The van der Waals surface area contributed by atoms with Crippen LogP contribution in [-0.4, -0.2) is 29.8 Å². The molecule has 1 rings (SSSR count). The number of carbonyl (C=O) groups excluding carboxylic acids is 1. The molecule has 0 spiro atoms. The Kier molecular flexibility index (Phi) is 6.12. The van der Waals surface area contributed by atoms with Crippen molar-refractivity contribution >= 4 is 17.5 Å². The second-order valence-electron chi connectivity index (χ2n) is 4.76. The number of hydrogen-bond acceptors (Lipinski definition) is 3. The minimum Gasteiger partial charge on any atom is -0.481 e. The zero-order valence-corrected chi connectivity index (χ0v) is 12.1. The molecule has 106 valence electrons. The van der Waals surface area contributed by atoms with Crippen molar-refractivity contribution in [1.82, 2.24) is 5.32 Å². The number of aliphatic hydroxyl groups is 1. The lowest BCUT2D eigenvalue weighted by atomic mass is 10.1. The molecule has 1 aromatic carbocycles. The summed E-state index contributed by atoms with van der Waals surface area (Å²) in [5.41, 5.74) is 0. The van der Waals surface area contributed by atoms with Crippen LogP contribution in [0.15, 0.2) is 24.3 Å². The first-order valence-electron chi connectivity index (χ1n) is 6.27. The van der Waals surface area contributed by atoms with E-state index in [-0.39, 0.29) is 24.5 Å². The van der Waals surface area contributed by atoms with Crippen LogP contribution in [0.4, 0.5) is 0 Å². The summed E-state index contributed by atoms with van der Waals surface area (Å²) in [6.45, 7) is 5.45. The van der Waals surface area contributed by atoms with Gasteiger partial charge in [0.1, 0.15) is 5.75 Å². The highest BCUT2D eigenvalue weighted by atomic mass is 35.5. The van der Waals surface area contributed by atoms with Gasteiger partial charge in [-0.1, -0.05) is 25.4 Å². The number of aliphatic hydroxyl groups excluding tert-OH is 1. The minimum absolute atomic E-state index is 0.0862. The van der Waals surface area contributed by atoms with Crippen molar-refractivity contribution < 1.29 is 14.6 Å². The van der Waals surface area contributed by atoms with Crippen LogP contribution in [0.3, 0.4) is 0 Å². The molecule has 0 aliphatic heterocycles. The number of carbonyl (C=O) groups is 1. The average molecular weight is 286 g/mol. The van der Waals surface area contributed by atoms with E-state index in [9.17, 15) is 9.90 Å². The molecule has 0 fully saturated rings. The summed E-state index contributed by atoms with van der Waals surface area (Å²) in [7, 11) is 0. The Morgan fingerprint density at radius 3 is 2.37 bits per heavy atom. The number of halogens is 1. The highest BCUT2D eigenvalue weighted by molar-refractivity contribution is 6.30. The van der Waals surface area contributed by atoms with Gasteiger partial charge in [-0.05, 0) is 37.1 Å². The molecule has 0 aliphatic rings. The Labute approximate surface area is 118 Å².